The van der Waals surface area contributed by atoms with Crippen LogP contribution < -0.4 is 5.32 Å². The molecule has 0 unspecified atom stereocenters. The van der Waals surface area contributed by atoms with E-state index in [2.05, 4.69) is 15.3 Å². The van der Waals surface area contributed by atoms with Crippen LogP contribution in [0.2, 0.25) is 0 Å². The van der Waals surface area contributed by atoms with Crippen LogP contribution in [0.15, 0.2) is 34.1 Å². The molecule has 0 saturated heterocycles. The van der Waals surface area contributed by atoms with Crippen LogP contribution in [0.1, 0.15) is 18.3 Å². The molecule has 0 aliphatic carbocycles. The van der Waals surface area contributed by atoms with E-state index < -0.39 is 0 Å². The Labute approximate surface area is 110 Å². The zero-order chi connectivity index (χ0) is 13.5. The number of nitrogens with one attached hydrogen (secondary N) is 1. The third-order valence-electron chi connectivity index (χ3n) is 2.48. The molecule has 19 heavy (non-hydrogen) atoms. The van der Waals surface area contributed by atoms with E-state index in [-0.39, 0.29) is 12.5 Å². The first-order chi connectivity index (χ1) is 9.28. The van der Waals surface area contributed by atoms with Gasteiger partial charge >= 0.3 is 0 Å². The minimum Gasteiger partial charge on any atom is -0.451 e. The van der Waals surface area contributed by atoms with Crippen molar-refractivity contribution in [2.45, 2.75) is 20.0 Å². The summed E-state index contributed by atoms with van der Waals surface area (Å²) in [6.45, 7) is 3.80. The average molecular weight is 264 g/mol. The molecule has 7 nitrogen and oxygen atoms in total. The molecule has 2 heterocycles. The smallest absolute Gasteiger partial charge is 0.234 e. The maximum Gasteiger partial charge on any atom is 0.234 e. The van der Waals surface area contributed by atoms with Gasteiger partial charge < -0.3 is 14.2 Å². The highest BCUT2D eigenvalue weighted by molar-refractivity contribution is 5.77. The molecule has 0 aliphatic heterocycles. The standard InChI is InChI=1S/C12H16N4O3/c1-2-13-12(17)5-16(3-10-6-18-8-14-10)4-11-7-19-9-15-11/h6-9H,2-5H2,1H3,(H,13,17). The topological polar surface area (TPSA) is 84.4 Å². The van der Waals surface area contributed by atoms with Gasteiger partial charge in [0.05, 0.1) is 17.9 Å². The van der Waals surface area contributed by atoms with Gasteiger partial charge in [-0.05, 0) is 6.92 Å². The third kappa shape index (κ3) is 4.22. The maximum atomic E-state index is 11.7. The van der Waals surface area contributed by atoms with E-state index in [4.69, 9.17) is 8.83 Å². The molecule has 0 aliphatic rings. The van der Waals surface area contributed by atoms with Gasteiger partial charge in [0.25, 0.3) is 0 Å². The van der Waals surface area contributed by atoms with Crippen molar-refractivity contribution in [2.75, 3.05) is 13.1 Å². The van der Waals surface area contributed by atoms with Gasteiger partial charge in [-0.3, -0.25) is 9.69 Å². The molecular weight excluding hydrogens is 248 g/mol. The molecular formula is C12H16N4O3. The lowest BCUT2D eigenvalue weighted by molar-refractivity contribution is -0.122. The molecule has 1 amide bonds. The molecule has 0 fully saturated rings. The van der Waals surface area contributed by atoms with E-state index in [0.717, 1.165) is 11.4 Å². The third-order valence-corrected chi connectivity index (χ3v) is 2.48. The summed E-state index contributed by atoms with van der Waals surface area (Å²) in [4.78, 5) is 21.7. The van der Waals surface area contributed by atoms with Crippen LogP contribution in [0, 0.1) is 0 Å². The number of amides is 1. The highest BCUT2D eigenvalue weighted by atomic mass is 16.3. The first kappa shape index (κ1) is 13.3. The highest BCUT2D eigenvalue weighted by Gasteiger charge is 2.14. The first-order valence-corrected chi connectivity index (χ1v) is 6.01. The fraction of sp³-hybridized carbons (Fsp3) is 0.417. The quantitative estimate of drug-likeness (QED) is 0.796. The van der Waals surface area contributed by atoms with E-state index in [1.165, 1.54) is 12.8 Å². The normalized spacial score (nSPS) is 10.8. The molecule has 0 bridgehead atoms. The predicted molar refractivity (Wildman–Crippen MR) is 65.8 cm³/mol. The number of oxazole rings is 2. The monoisotopic (exact) mass is 264 g/mol. The summed E-state index contributed by atoms with van der Waals surface area (Å²) in [5.41, 5.74) is 1.54. The first-order valence-electron chi connectivity index (χ1n) is 6.01. The Morgan fingerprint density at radius 1 is 1.21 bits per heavy atom. The number of nitrogens with zero attached hydrogens (tertiary/aromatic N) is 3. The largest absolute Gasteiger partial charge is 0.451 e. The van der Waals surface area contributed by atoms with Crippen molar-refractivity contribution in [3.63, 3.8) is 0 Å². The minimum atomic E-state index is -0.0329. The summed E-state index contributed by atoms with van der Waals surface area (Å²) < 4.78 is 9.86. The van der Waals surface area contributed by atoms with Crippen molar-refractivity contribution in [1.29, 1.82) is 0 Å². The lowest BCUT2D eigenvalue weighted by atomic mass is 10.3. The van der Waals surface area contributed by atoms with Gasteiger partial charge in [-0.1, -0.05) is 0 Å². The maximum absolute atomic E-state index is 11.7. The molecule has 0 radical (unpaired) electrons. The summed E-state index contributed by atoms with van der Waals surface area (Å²) in [5, 5.41) is 2.77. The summed E-state index contributed by atoms with van der Waals surface area (Å²) in [7, 11) is 0. The molecule has 0 atom stereocenters. The van der Waals surface area contributed by atoms with Crippen molar-refractivity contribution in [1.82, 2.24) is 20.2 Å². The van der Waals surface area contributed by atoms with E-state index >= 15 is 0 Å². The minimum absolute atomic E-state index is 0.0329. The predicted octanol–water partition coefficient (Wildman–Crippen LogP) is 0.801. The average Bonchev–Trinajstić information content (AvgIpc) is 3.02. The summed E-state index contributed by atoms with van der Waals surface area (Å²) >= 11 is 0. The van der Waals surface area contributed by atoms with Gasteiger partial charge in [0, 0.05) is 19.6 Å². The SMILES string of the molecule is CCNC(=O)CN(Cc1cocn1)Cc1cocn1. The fourth-order valence-corrected chi connectivity index (χ4v) is 1.71. The summed E-state index contributed by atoms with van der Waals surface area (Å²) in [5.74, 6) is -0.0329. The second kappa shape index (κ2) is 6.69. The molecule has 2 rings (SSSR count). The zero-order valence-electron chi connectivity index (χ0n) is 10.7. The zero-order valence-corrected chi connectivity index (χ0v) is 10.7. The van der Waals surface area contributed by atoms with Gasteiger partial charge in [-0.15, -0.1) is 0 Å². The summed E-state index contributed by atoms with van der Waals surface area (Å²) in [6, 6.07) is 0. The van der Waals surface area contributed by atoms with Crippen molar-refractivity contribution >= 4 is 5.91 Å². The van der Waals surface area contributed by atoms with E-state index in [0.29, 0.717) is 19.6 Å². The number of rotatable bonds is 7. The molecule has 102 valence electrons. The van der Waals surface area contributed by atoms with Gasteiger partial charge in [-0.2, -0.15) is 0 Å². The molecule has 0 spiro atoms. The Morgan fingerprint density at radius 3 is 2.21 bits per heavy atom. The Kier molecular flexibility index (Phi) is 4.68. The molecule has 7 heteroatoms. The molecule has 2 aromatic heterocycles. The number of likely N-dealkylation sites (N-methyl/N-ethyl adjacent to an activating group) is 1. The number of hydrogen-bond donors (Lipinski definition) is 1. The van der Waals surface area contributed by atoms with Crippen LogP contribution in [-0.2, 0) is 17.9 Å². The van der Waals surface area contributed by atoms with Crippen LogP contribution >= 0.6 is 0 Å². The number of carbonyl (C=O) groups is 1. The molecule has 0 aromatic carbocycles. The number of hydrogen-bond acceptors (Lipinski definition) is 6. The van der Waals surface area contributed by atoms with Gasteiger partial charge in [0.15, 0.2) is 12.8 Å². The number of aromatic nitrogens is 2. The molecule has 1 N–H and O–H groups in total. The van der Waals surface area contributed by atoms with Crippen molar-refractivity contribution < 1.29 is 13.6 Å². The van der Waals surface area contributed by atoms with Crippen LogP contribution in [-0.4, -0.2) is 33.9 Å². The Hall–Kier alpha value is -2.15. The Morgan fingerprint density at radius 2 is 1.79 bits per heavy atom. The Balaban J connectivity index is 1.97. The van der Waals surface area contributed by atoms with Crippen molar-refractivity contribution in [2.24, 2.45) is 0 Å². The van der Waals surface area contributed by atoms with E-state index in [9.17, 15) is 4.79 Å². The van der Waals surface area contributed by atoms with Crippen molar-refractivity contribution in [3.05, 3.63) is 36.7 Å². The number of carbonyl (C=O) groups excluding carboxylic acids is 1. The van der Waals surface area contributed by atoms with Crippen LogP contribution in [0.3, 0.4) is 0 Å². The van der Waals surface area contributed by atoms with Crippen LogP contribution in [0.4, 0.5) is 0 Å². The second-order valence-corrected chi connectivity index (χ2v) is 4.06. The van der Waals surface area contributed by atoms with Gasteiger partial charge in [0.2, 0.25) is 5.91 Å². The fourth-order valence-electron chi connectivity index (χ4n) is 1.71. The summed E-state index contributed by atoms with van der Waals surface area (Å²) in [6.07, 6.45) is 5.87. The van der Waals surface area contributed by atoms with Gasteiger partial charge in [0.1, 0.15) is 12.5 Å². The molecule has 2 aromatic rings. The van der Waals surface area contributed by atoms with Crippen LogP contribution in [0.5, 0.6) is 0 Å². The molecule has 0 saturated carbocycles. The Bertz CT molecular complexity index is 445. The van der Waals surface area contributed by atoms with Gasteiger partial charge in [-0.25, -0.2) is 9.97 Å². The second-order valence-electron chi connectivity index (χ2n) is 4.06. The van der Waals surface area contributed by atoms with Crippen molar-refractivity contribution in [3.8, 4) is 0 Å². The highest BCUT2D eigenvalue weighted by Crippen LogP contribution is 2.07. The van der Waals surface area contributed by atoms with E-state index in [1.54, 1.807) is 12.5 Å². The lowest BCUT2D eigenvalue weighted by Gasteiger charge is -2.19. The van der Waals surface area contributed by atoms with Crippen LogP contribution in [0.25, 0.3) is 0 Å². The lowest BCUT2D eigenvalue weighted by Crippen LogP contribution is -2.36. The van der Waals surface area contributed by atoms with E-state index in [1.807, 2.05) is 11.8 Å².